The molecule has 1 N–H and O–H groups in total. The molecule has 1 aromatic carbocycles. The lowest BCUT2D eigenvalue weighted by Crippen LogP contribution is -2.13. The Morgan fingerprint density at radius 2 is 1.89 bits per heavy atom. The van der Waals surface area contributed by atoms with Gasteiger partial charge in [-0.05, 0) is 6.92 Å². The molecule has 2 aromatic rings. The summed E-state index contributed by atoms with van der Waals surface area (Å²) in [7, 11) is 0. The highest BCUT2D eigenvalue weighted by Crippen LogP contribution is 2.14. The maximum Gasteiger partial charge on any atom is 0.226 e. The van der Waals surface area contributed by atoms with E-state index in [9.17, 15) is 9.59 Å². The molecule has 0 aliphatic rings. The SMILES string of the molecule is Cc1nnc(NC(=O)CCC(=O)c2ccccc2)s1. The van der Waals surface area contributed by atoms with Crippen molar-refractivity contribution in [2.75, 3.05) is 5.32 Å². The van der Waals surface area contributed by atoms with Gasteiger partial charge in [0.2, 0.25) is 11.0 Å². The monoisotopic (exact) mass is 275 g/mol. The molecule has 0 saturated heterocycles. The second-order valence-corrected chi connectivity index (χ2v) is 5.15. The van der Waals surface area contributed by atoms with Crippen LogP contribution in [-0.2, 0) is 4.79 Å². The highest BCUT2D eigenvalue weighted by molar-refractivity contribution is 7.15. The van der Waals surface area contributed by atoms with Crippen molar-refractivity contribution in [3.8, 4) is 0 Å². The van der Waals surface area contributed by atoms with Gasteiger partial charge in [0.05, 0.1) is 0 Å². The molecule has 2 rings (SSSR count). The molecule has 1 heterocycles. The van der Waals surface area contributed by atoms with Gasteiger partial charge in [-0.15, -0.1) is 10.2 Å². The van der Waals surface area contributed by atoms with Gasteiger partial charge in [-0.1, -0.05) is 41.7 Å². The van der Waals surface area contributed by atoms with E-state index in [0.29, 0.717) is 10.7 Å². The van der Waals surface area contributed by atoms with Crippen LogP contribution in [0, 0.1) is 6.92 Å². The van der Waals surface area contributed by atoms with E-state index in [1.807, 2.05) is 13.0 Å². The molecule has 19 heavy (non-hydrogen) atoms. The maximum absolute atomic E-state index is 11.8. The number of amides is 1. The molecule has 0 fully saturated rings. The van der Waals surface area contributed by atoms with E-state index in [4.69, 9.17) is 0 Å². The maximum atomic E-state index is 11.8. The number of anilines is 1. The number of hydrogen-bond donors (Lipinski definition) is 1. The van der Waals surface area contributed by atoms with Crippen LogP contribution in [0.15, 0.2) is 30.3 Å². The molecule has 0 spiro atoms. The third-order valence-electron chi connectivity index (χ3n) is 2.45. The van der Waals surface area contributed by atoms with Crippen LogP contribution >= 0.6 is 11.3 Å². The third kappa shape index (κ3) is 3.96. The molecule has 0 unspecified atom stereocenters. The number of nitrogens with zero attached hydrogens (tertiary/aromatic N) is 2. The Kier molecular flexibility index (Phi) is 4.35. The number of carbonyl (C=O) groups excluding carboxylic acids is 2. The van der Waals surface area contributed by atoms with Crippen LogP contribution in [0.1, 0.15) is 28.2 Å². The van der Waals surface area contributed by atoms with E-state index < -0.39 is 0 Å². The van der Waals surface area contributed by atoms with Crippen LogP contribution in [0.2, 0.25) is 0 Å². The van der Waals surface area contributed by atoms with Crippen molar-refractivity contribution >= 4 is 28.2 Å². The first-order valence-electron chi connectivity index (χ1n) is 5.83. The fraction of sp³-hybridized carbons (Fsp3) is 0.231. The number of hydrogen-bond acceptors (Lipinski definition) is 5. The predicted octanol–water partition coefficient (Wildman–Crippen LogP) is 2.45. The van der Waals surface area contributed by atoms with Crippen LogP contribution in [-0.4, -0.2) is 21.9 Å². The zero-order valence-corrected chi connectivity index (χ0v) is 11.2. The number of ketones is 1. The van der Waals surface area contributed by atoms with Gasteiger partial charge in [0.1, 0.15) is 5.01 Å². The van der Waals surface area contributed by atoms with Crippen LogP contribution in [0.25, 0.3) is 0 Å². The normalized spacial score (nSPS) is 10.2. The molecule has 5 nitrogen and oxygen atoms in total. The Morgan fingerprint density at radius 3 is 2.53 bits per heavy atom. The minimum absolute atomic E-state index is 0.0378. The van der Waals surface area contributed by atoms with Crippen LogP contribution in [0.3, 0.4) is 0 Å². The molecule has 6 heteroatoms. The van der Waals surface area contributed by atoms with Crippen LogP contribution in [0.5, 0.6) is 0 Å². The van der Waals surface area contributed by atoms with Crippen molar-refractivity contribution in [1.29, 1.82) is 0 Å². The zero-order valence-electron chi connectivity index (χ0n) is 10.4. The average molecular weight is 275 g/mol. The highest BCUT2D eigenvalue weighted by Gasteiger charge is 2.10. The summed E-state index contributed by atoms with van der Waals surface area (Å²) in [6.07, 6.45) is 0.333. The smallest absolute Gasteiger partial charge is 0.226 e. The first kappa shape index (κ1) is 13.4. The summed E-state index contributed by atoms with van der Waals surface area (Å²) < 4.78 is 0. The Hall–Kier alpha value is -2.08. The second-order valence-electron chi connectivity index (χ2n) is 3.96. The van der Waals surface area contributed by atoms with Crippen molar-refractivity contribution in [3.63, 3.8) is 0 Å². The summed E-state index contributed by atoms with van der Waals surface area (Å²) in [5.74, 6) is -0.260. The van der Waals surface area contributed by atoms with Crippen molar-refractivity contribution in [2.24, 2.45) is 0 Å². The second kappa shape index (κ2) is 6.19. The van der Waals surface area contributed by atoms with Gasteiger partial charge < -0.3 is 5.32 Å². The Labute approximate surface area is 114 Å². The number of benzene rings is 1. The number of carbonyl (C=O) groups is 2. The summed E-state index contributed by atoms with van der Waals surface area (Å²) >= 11 is 1.31. The first-order valence-corrected chi connectivity index (χ1v) is 6.65. The third-order valence-corrected chi connectivity index (χ3v) is 3.20. The van der Waals surface area contributed by atoms with Crippen LogP contribution < -0.4 is 5.32 Å². The van der Waals surface area contributed by atoms with Gasteiger partial charge in [-0.3, -0.25) is 9.59 Å². The summed E-state index contributed by atoms with van der Waals surface area (Å²) in [4.78, 5) is 23.4. The lowest BCUT2D eigenvalue weighted by molar-refractivity contribution is -0.116. The van der Waals surface area contributed by atoms with Gasteiger partial charge in [0.25, 0.3) is 0 Å². The molecular weight excluding hydrogens is 262 g/mol. The topological polar surface area (TPSA) is 72.0 Å². The molecule has 0 saturated carbocycles. The van der Waals surface area contributed by atoms with E-state index in [2.05, 4.69) is 15.5 Å². The zero-order chi connectivity index (χ0) is 13.7. The quantitative estimate of drug-likeness (QED) is 0.851. The molecule has 98 valence electrons. The van der Waals surface area contributed by atoms with Crippen LogP contribution in [0.4, 0.5) is 5.13 Å². The largest absolute Gasteiger partial charge is 0.301 e. The van der Waals surface area contributed by atoms with Gasteiger partial charge in [0.15, 0.2) is 5.78 Å². The lowest BCUT2D eigenvalue weighted by Gasteiger charge is -2.01. The average Bonchev–Trinajstić information content (AvgIpc) is 2.82. The van der Waals surface area contributed by atoms with E-state index in [1.165, 1.54) is 11.3 Å². The number of rotatable bonds is 5. The standard InChI is InChI=1S/C13H13N3O2S/c1-9-15-16-13(19-9)14-12(18)8-7-11(17)10-5-3-2-4-6-10/h2-6H,7-8H2,1H3,(H,14,16,18). The molecule has 0 atom stereocenters. The number of Topliss-reactive ketones (excluding diaryl/α,β-unsaturated/α-hetero) is 1. The number of aryl methyl sites for hydroxylation is 1. The van der Waals surface area contributed by atoms with Gasteiger partial charge in [-0.25, -0.2) is 0 Å². The molecular formula is C13H13N3O2S. The van der Waals surface area contributed by atoms with E-state index in [0.717, 1.165) is 5.01 Å². The Bertz CT molecular complexity index is 581. The predicted molar refractivity (Wildman–Crippen MR) is 73.3 cm³/mol. The molecule has 1 aromatic heterocycles. The molecule has 0 aliphatic carbocycles. The van der Waals surface area contributed by atoms with Crippen molar-refractivity contribution in [3.05, 3.63) is 40.9 Å². The Morgan fingerprint density at radius 1 is 1.16 bits per heavy atom. The van der Waals surface area contributed by atoms with Gasteiger partial charge >= 0.3 is 0 Å². The minimum atomic E-state index is -0.222. The first-order chi connectivity index (χ1) is 9.15. The molecule has 0 radical (unpaired) electrons. The van der Waals surface area contributed by atoms with Crippen molar-refractivity contribution in [2.45, 2.75) is 19.8 Å². The summed E-state index contributed by atoms with van der Waals surface area (Å²) in [6.45, 7) is 1.81. The van der Waals surface area contributed by atoms with Gasteiger partial charge in [-0.2, -0.15) is 0 Å². The summed E-state index contributed by atoms with van der Waals surface area (Å²) in [5, 5.41) is 11.5. The summed E-state index contributed by atoms with van der Waals surface area (Å²) in [6, 6.07) is 8.94. The number of aromatic nitrogens is 2. The van der Waals surface area contributed by atoms with Crippen molar-refractivity contribution in [1.82, 2.24) is 10.2 Å². The molecule has 0 aliphatic heterocycles. The fourth-order valence-corrected chi connectivity index (χ4v) is 2.13. The van der Waals surface area contributed by atoms with Gasteiger partial charge in [0, 0.05) is 18.4 Å². The number of nitrogens with one attached hydrogen (secondary N) is 1. The van der Waals surface area contributed by atoms with E-state index in [1.54, 1.807) is 24.3 Å². The molecule has 0 bridgehead atoms. The highest BCUT2D eigenvalue weighted by atomic mass is 32.1. The summed E-state index contributed by atoms with van der Waals surface area (Å²) in [5.41, 5.74) is 0.627. The van der Waals surface area contributed by atoms with E-state index >= 15 is 0 Å². The molecule has 1 amide bonds. The lowest BCUT2D eigenvalue weighted by atomic mass is 10.1. The van der Waals surface area contributed by atoms with Crippen molar-refractivity contribution < 1.29 is 9.59 Å². The Balaban J connectivity index is 1.82. The fourth-order valence-electron chi connectivity index (χ4n) is 1.52. The minimum Gasteiger partial charge on any atom is -0.301 e. The van der Waals surface area contributed by atoms with E-state index in [-0.39, 0.29) is 24.5 Å².